The molecule has 0 spiro atoms. The molecule has 0 heterocycles. The number of halogens is 1. The molecule has 0 rings (SSSR count). The summed E-state index contributed by atoms with van der Waals surface area (Å²) in [5.41, 5.74) is 5.16. The Morgan fingerprint density at radius 1 is 1.38 bits per heavy atom. The molecule has 0 atom stereocenters. The molecule has 13 heavy (non-hydrogen) atoms. The predicted molar refractivity (Wildman–Crippen MR) is 55.9 cm³/mol. The summed E-state index contributed by atoms with van der Waals surface area (Å²) >= 11 is 0. The molecule has 3 N–H and O–H groups in total. The van der Waals surface area contributed by atoms with E-state index in [-0.39, 0.29) is 18.1 Å². The molecule has 3 nitrogen and oxygen atoms in total. The van der Waals surface area contributed by atoms with E-state index in [0.29, 0.717) is 0 Å². The SMILES string of the molecule is CCCCCC/C=C(\N)C(=O)O.Cl. The molecule has 0 bridgehead atoms. The first kappa shape index (κ1) is 14.8. The lowest BCUT2D eigenvalue weighted by Gasteiger charge is -1.95. The Morgan fingerprint density at radius 2 is 2.00 bits per heavy atom. The van der Waals surface area contributed by atoms with Crippen molar-refractivity contribution in [2.75, 3.05) is 0 Å². The second kappa shape index (κ2) is 9.39. The smallest absolute Gasteiger partial charge is 0.351 e. The first-order valence-electron chi connectivity index (χ1n) is 4.37. The third-order valence-corrected chi connectivity index (χ3v) is 1.67. The van der Waals surface area contributed by atoms with Gasteiger partial charge < -0.3 is 10.8 Å². The predicted octanol–water partition coefficient (Wildman–Crippen LogP) is 2.31. The van der Waals surface area contributed by atoms with Gasteiger partial charge in [0.1, 0.15) is 5.70 Å². The van der Waals surface area contributed by atoms with E-state index < -0.39 is 5.97 Å². The topological polar surface area (TPSA) is 63.3 Å². The Balaban J connectivity index is 0. The van der Waals surface area contributed by atoms with Crippen molar-refractivity contribution in [3.8, 4) is 0 Å². The molecule has 0 aliphatic rings. The molecular formula is C9H18ClNO2. The van der Waals surface area contributed by atoms with Crippen molar-refractivity contribution < 1.29 is 9.90 Å². The van der Waals surface area contributed by atoms with Crippen LogP contribution in [0.15, 0.2) is 11.8 Å². The Morgan fingerprint density at radius 3 is 2.46 bits per heavy atom. The summed E-state index contributed by atoms with van der Waals surface area (Å²) in [6, 6.07) is 0. The van der Waals surface area contributed by atoms with E-state index in [1.54, 1.807) is 6.08 Å². The summed E-state index contributed by atoms with van der Waals surface area (Å²) in [6.45, 7) is 2.14. The molecule has 0 aromatic heterocycles. The van der Waals surface area contributed by atoms with Gasteiger partial charge in [-0.25, -0.2) is 4.79 Å². The third kappa shape index (κ3) is 9.21. The number of hydrogen-bond donors (Lipinski definition) is 2. The first-order chi connectivity index (χ1) is 5.68. The number of hydrogen-bond acceptors (Lipinski definition) is 2. The minimum absolute atomic E-state index is 0. The Hall–Kier alpha value is -0.700. The average Bonchev–Trinajstić information content (AvgIpc) is 2.03. The molecular weight excluding hydrogens is 190 g/mol. The van der Waals surface area contributed by atoms with Gasteiger partial charge in [0.2, 0.25) is 0 Å². The average molecular weight is 208 g/mol. The van der Waals surface area contributed by atoms with Crippen LogP contribution in [0.4, 0.5) is 0 Å². The minimum atomic E-state index is -1.02. The number of nitrogens with two attached hydrogens (primary N) is 1. The van der Waals surface area contributed by atoms with Crippen LogP contribution >= 0.6 is 12.4 Å². The largest absolute Gasteiger partial charge is 0.477 e. The number of allylic oxidation sites excluding steroid dienone is 1. The standard InChI is InChI=1S/C9H17NO2.ClH/c1-2-3-4-5-6-7-8(10)9(11)12;/h7H,2-6,10H2,1H3,(H,11,12);1H/b8-7-;. The Kier molecular flexibility index (Phi) is 10.7. The summed E-state index contributed by atoms with van der Waals surface area (Å²) < 4.78 is 0. The van der Waals surface area contributed by atoms with Crippen molar-refractivity contribution in [3.05, 3.63) is 11.8 Å². The van der Waals surface area contributed by atoms with E-state index in [0.717, 1.165) is 19.3 Å². The monoisotopic (exact) mass is 207 g/mol. The van der Waals surface area contributed by atoms with E-state index >= 15 is 0 Å². The minimum Gasteiger partial charge on any atom is -0.477 e. The van der Waals surface area contributed by atoms with Gasteiger partial charge in [0.05, 0.1) is 0 Å². The maximum atomic E-state index is 10.2. The summed E-state index contributed by atoms with van der Waals surface area (Å²) in [5, 5.41) is 8.39. The van der Waals surface area contributed by atoms with Crippen LogP contribution in [-0.2, 0) is 4.79 Å². The van der Waals surface area contributed by atoms with E-state index in [4.69, 9.17) is 10.8 Å². The zero-order valence-electron chi connectivity index (χ0n) is 7.95. The van der Waals surface area contributed by atoms with Crippen LogP contribution in [0.25, 0.3) is 0 Å². The normalized spacial score (nSPS) is 10.7. The van der Waals surface area contributed by atoms with Crippen LogP contribution in [0, 0.1) is 0 Å². The van der Waals surface area contributed by atoms with Crippen molar-refractivity contribution in [2.24, 2.45) is 5.73 Å². The Labute approximate surface area is 85.4 Å². The molecule has 0 aromatic rings. The summed E-state index contributed by atoms with van der Waals surface area (Å²) in [5.74, 6) is -1.02. The van der Waals surface area contributed by atoms with Gasteiger partial charge in [0.15, 0.2) is 0 Å². The molecule has 0 saturated heterocycles. The van der Waals surface area contributed by atoms with Gasteiger partial charge in [-0.2, -0.15) is 0 Å². The second-order valence-corrected chi connectivity index (χ2v) is 2.81. The van der Waals surface area contributed by atoms with Crippen molar-refractivity contribution in [1.29, 1.82) is 0 Å². The van der Waals surface area contributed by atoms with E-state index in [1.807, 2.05) is 0 Å². The molecule has 0 radical (unpaired) electrons. The van der Waals surface area contributed by atoms with E-state index in [2.05, 4.69) is 6.92 Å². The van der Waals surface area contributed by atoms with E-state index in [9.17, 15) is 4.79 Å². The molecule has 0 fully saturated rings. The van der Waals surface area contributed by atoms with Gasteiger partial charge in [-0.05, 0) is 12.8 Å². The fraction of sp³-hybridized carbons (Fsp3) is 0.667. The number of carboxylic acid groups (broad SMARTS) is 1. The molecule has 0 amide bonds. The van der Waals surface area contributed by atoms with E-state index in [1.165, 1.54) is 12.8 Å². The number of carboxylic acids is 1. The molecule has 0 aromatic carbocycles. The summed E-state index contributed by atoms with van der Waals surface area (Å²) in [4.78, 5) is 10.2. The maximum absolute atomic E-state index is 10.2. The Bertz CT molecular complexity index is 169. The van der Waals surface area contributed by atoms with Crippen LogP contribution in [-0.4, -0.2) is 11.1 Å². The second-order valence-electron chi connectivity index (χ2n) is 2.81. The molecule has 0 saturated carbocycles. The molecule has 0 unspecified atom stereocenters. The lowest BCUT2D eigenvalue weighted by molar-refractivity contribution is -0.132. The maximum Gasteiger partial charge on any atom is 0.351 e. The highest BCUT2D eigenvalue weighted by molar-refractivity contribution is 5.85. The van der Waals surface area contributed by atoms with Crippen molar-refractivity contribution in [2.45, 2.75) is 39.0 Å². The lowest BCUT2D eigenvalue weighted by Crippen LogP contribution is -2.09. The summed E-state index contributed by atoms with van der Waals surface area (Å²) in [7, 11) is 0. The van der Waals surface area contributed by atoms with Crippen molar-refractivity contribution in [1.82, 2.24) is 0 Å². The highest BCUT2D eigenvalue weighted by Crippen LogP contribution is 2.03. The molecule has 0 aliphatic heterocycles. The zero-order valence-corrected chi connectivity index (χ0v) is 8.77. The van der Waals surface area contributed by atoms with Crippen molar-refractivity contribution in [3.63, 3.8) is 0 Å². The lowest BCUT2D eigenvalue weighted by atomic mass is 10.1. The number of unbranched alkanes of at least 4 members (excludes halogenated alkanes) is 4. The zero-order chi connectivity index (χ0) is 9.40. The quantitative estimate of drug-likeness (QED) is 0.519. The molecule has 0 aliphatic carbocycles. The molecule has 4 heteroatoms. The van der Waals surface area contributed by atoms with Gasteiger partial charge in [-0.1, -0.05) is 32.3 Å². The van der Waals surface area contributed by atoms with Gasteiger partial charge in [-0.15, -0.1) is 12.4 Å². The van der Waals surface area contributed by atoms with Gasteiger partial charge in [-0.3, -0.25) is 0 Å². The van der Waals surface area contributed by atoms with Crippen LogP contribution in [0.1, 0.15) is 39.0 Å². The van der Waals surface area contributed by atoms with Crippen molar-refractivity contribution >= 4 is 18.4 Å². The van der Waals surface area contributed by atoms with Crippen LogP contribution < -0.4 is 5.73 Å². The number of carbonyl (C=O) groups is 1. The van der Waals surface area contributed by atoms with Crippen LogP contribution in [0.5, 0.6) is 0 Å². The first-order valence-corrected chi connectivity index (χ1v) is 4.37. The fourth-order valence-electron chi connectivity index (χ4n) is 0.916. The highest BCUT2D eigenvalue weighted by atomic mass is 35.5. The number of aliphatic carboxylic acids is 1. The third-order valence-electron chi connectivity index (χ3n) is 1.67. The van der Waals surface area contributed by atoms with Crippen LogP contribution in [0.3, 0.4) is 0 Å². The van der Waals surface area contributed by atoms with Gasteiger partial charge >= 0.3 is 5.97 Å². The number of rotatable bonds is 6. The summed E-state index contributed by atoms with van der Waals surface area (Å²) in [6.07, 6.45) is 6.94. The highest BCUT2D eigenvalue weighted by Gasteiger charge is 1.98. The van der Waals surface area contributed by atoms with Gasteiger partial charge in [0, 0.05) is 0 Å². The molecule has 78 valence electrons. The fourth-order valence-corrected chi connectivity index (χ4v) is 0.916. The van der Waals surface area contributed by atoms with Gasteiger partial charge in [0.25, 0.3) is 0 Å². The van der Waals surface area contributed by atoms with Crippen LogP contribution in [0.2, 0.25) is 0 Å².